The first-order chi connectivity index (χ1) is 8.64. The van der Waals surface area contributed by atoms with Gasteiger partial charge in [0.15, 0.2) is 0 Å². The van der Waals surface area contributed by atoms with E-state index >= 15 is 0 Å². The number of methoxy groups -OCH3 is 1. The van der Waals surface area contributed by atoms with E-state index in [2.05, 4.69) is 5.32 Å². The number of rotatable bonds is 4. The fourth-order valence-corrected chi connectivity index (χ4v) is 3.81. The molecule has 104 valence electrons. The lowest BCUT2D eigenvalue weighted by Crippen LogP contribution is -2.52. The smallest absolute Gasteiger partial charge is 0.282 e. The van der Waals surface area contributed by atoms with E-state index < -0.39 is 10.2 Å². The van der Waals surface area contributed by atoms with Crippen molar-refractivity contribution < 1.29 is 13.2 Å². The third kappa shape index (κ3) is 3.10. The highest BCUT2D eigenvalue weighted by molar-refractivity contribution is 7.86. The zero-order valence-corrected chi connectivity index (χ0v) is 11.6. The van der Waals surface area contributed by atoms with E-state index in [4.69, 9.17) is 4.74 Å². The summed E-state index contributed by atoms with van der Waals surface area (Å²) >= 11 is 0. The minimum Gasteiger partial charge on any atom is -0.380 e. The van der Waals surface area contributed by atoms with Crippen LogP contribution in [0.15, 0.2) is 11.6 Å². The number of piperazine rings is 1. The Kier molecular flexibility index (Phi) is 4.74. The van der Waals surface area contributed by atoms with Gasteiger partial charge in [-0.25, -0.2) is 0 Å². The molecule has 6 nitrogen and oxygen atoms in total. The second kappa shape index (κ2) is 6.12. The van der Waals surface area contributed by atoms with Gasteiger partial charge in [0.2, 0.25) is 0 Å². The van der Waals surface area contributed by atoms with Gasteiger partial charge >= 0.3 is 0 Å². The third-order valence-electron chi connectivity index (χ3n) is 3.32. The van der Waals surface area contributed by atoms with E-state index in [0.29, 0.717) is 32.8 Å². The van der Waals surface area contributed by atoms with Gasteiger partial charge in [0.1, 0.15) is 0 Å². The van der Waals surface area contributed by atoms with E-state index in [1.807, 2.05) is 6.08 Å². The van der Waals surface area contributed by atoms with E-state index in [1.165, 1.54) is 5.57 Å². The molecular weight excluding hydrogens is 254 g/mol. The summed E-state index contributed by atoms with van der Waals surface area (Å²) in [6.45, 7) is 4.21. The van der Waals surface area contributed by atoms with E-state index in [9.17, 15) is 8.42 Å². The maximum Gasteiger partial charge on any atom is 0.282 e. The van der Waals surface area contributed by atoms with Crippen molar-refractivity contribution in [3.05, 3.63) is 11.6 Å². The normalized spacial score (nSPS) is 23.9. The molecule has 2 aliphatic heterocycles. The molecule has 7 heteroatoms. The molecule has 18 heavy (non-hydrogen) atoms. The van der Waals surface area contributed by atoms with Crippen molar-refractivity contribution in [2.24, 2.45) is 0 Å². The van der Waals surface area contributed by atoms with Gasteiger partial charge in [-0.1, -0.05) is 6.08 Å². The molecule has 0 saturated carbocycles. The summed E-state index contributed by atoms with van der Waals surface area (Å²) in [5.74, 6) is 0. The van der Waals surface area contributed by atoms with Crippen molar-refractivity contribution in [3.8, 4) is 0 Å². The molecule has 0 unspecified atom stereocenters. The predicted molar refractivity (Wildman–Crippen MR) is 69.5 cm³/mol. The summed E-state index contributed by atoms with van der Waals surface area (Å²) < 4.78 is 32.9. The van der Waals surface area contributed by atoms with Crippen LogP contribution in [0.4, 0.5) is 0 Å². The van der Waals surface area contributed by atoms with Crippen LogP contribution in [0.3, 0.4) is 0 Å². The molecule has 2 aliphatic rings. The van der Waals surface area contributed by atoms with Crippen LogP contribution in [0.5, 0.6) is 0 Å². The lowest BCUT2D eigenvalue weighted by atomic mass is 10.1. The maximum atomic E-state index is 12.4. The van der Waals surface area contributed by atoms with Crippen molar-refractivity contribution in [1.29, 1.82) is 0 Å². The van der Waals surface area contributed by atoms with Crippen LogP contribution in [0.1, 0.15) is 6.42 Å². The molecule has 0 aliphatic carbocycles. The Morgan fingerprint density at radius 2 is 2.00 bits per heavy atom. The molecule has 0 aromatic heterocycles. The highest BCUT2D eigenvalue weighted by atomic mass is 32.2. The summed E-state index contributed by atoms with van der Waals surface area (Å²) in [5.41, 5.74) is 1.18. The van der Waals surface area contributed by atoms with Crippen LogP contribution in [-0.4, -0.2) is 70.0 Å². The Labute approximate surface area is 109 Å². The lowest BCUT2D eigenvalue weighted by Gasteiger charge is -2.33. The molecule has 1 saturated heterocycles. The maximum absolute atomic E-state index is 12.4. The summed E-state index contributed by atoms with van der Waals surface area (Å²) in [4.78, 5) is 0. The zero-order valence-electron chi connectivity index (χ0n) is 10.8. The second-order valence-electron chi connectivity index (χ2n) is 4.56. The van der Waals surface area contributed by atoms with Gasteiger partial charge in [-0.3, -0.25) is 0 Å². The summed E-state index contributed by atoms with van der Waals surface area (Å²) in [6.07, 6.45) is 2.73. The van der Waals surface area contributed by atoms with Gasteiger partial charge in [0.05, 0.1) is 6.61 Å². The van der Waals surface area contributed by atoms with E-state index in [1.54, 1.807) is 15.7 Å². The number of ether oxygens (including phenoxy) is 1. The van der Waals surface area contributed by atoms with E-state index in [0.717, 1.165) is 19.5 Å². The number of hydrogen-bond donors (Lipinski definition) is 1. The molecule has 0 aromatic rings. The van der Waals surface area contributed by atoms with Crippen molar-refractivity contribution in [2.45, 2.75) is 6.42 Å². The van der Waals surface area contributed by atoms with Crippen molar-refractivity contribution in [3.63, 3.8) is 0 Å². The van der Waals surface area contributed by atoms with Crippen LogP contribution in [0, 0.1) is 0 Å². The Morgan fingerprint density at radius 3 is 2.56 bits per heavy atom. The van der Waals surface area contributed by atoms with Gasteiger partial charge in [-0.15, -0.1) is 0 Å². The van der Waals surface area contributed by atoms with Gasteiger partial charge in [0, 0.05) is 46.4 Å². The average molecular weight is 275 g/mol. The fraction of sp³-hybridized carbons (Fsp3) is 0.818. The highest BCUT2D eigenvalue weighted by Gasteiger charge is 2.31. The van der Waals surface area contributed by atoms with E-state index in [-0.39, 0.29) is 0 Å². The number of nitrogens with zero attached hydrogens (tertiary/aromatic N) is 2. The molecule has 1 fully saturated rings. The molecule has 0 spiro atoms. The Bertz CT molecular complexity index is 402. The standard InChI is InChI=1S/C11H21N3O3S/c1-17-10-11-2-6-13(7-3-11)18(15,16)14-8-4-12-5-9-14/h2,12H,3-10H2,1H3. The van der Waals surface area contributed by atoms with Crippen LogP contribution in [0.2, 0.25) is 0 Å². The molecule has 1 N–H and O–H groups in total. The molecule has 0 radical (unpaired) electrons. The zero-order chi connectivity index (χ0) is 13.0. The quantitative estimate of drug-likeness (QED) is 0.697. The molecule has 0 bridgehead atoms. The van der Waals surface area contributed by atoms with Gasteiger partial charge in [0.25, 0.3) is 10.2 Å². The predicted octanol–water partition coefficient (Wildman–Crippen LogP) is -0.585. The largest absolute Gasteiger partial charge is 0.380 e. The molecule has 0 atom stereocenters. The van der Waals surface area contributed by atoms with Crippen LogP contribution in [0.25, 0.3) is 0 Å². The van der Waals surface area contributed by atoms with Crippen LogP contribution >= 0.6 is 0 Å². The molecule has 0 amide bonds. The first-order valence-electron chi connectivity index (χ1n) is 6.27. The third-order valence-corrected chi connectivity index (χ3v) is 5.33. The molecular formula is C11H21N3O3S. The highest BCUT2D eigenvalue weighted by Crippen LogP contribution is 2.17. The molecule has 0 aromatic carbocycles. The number of hydrogen-bond acceptors (Lipinski definition) is 4. The topological polar surface area (TPSA) is 61.9 Å². The average Bonchev–Trinajstić information content (AvgIpc) is 2.41. The Balaban J connectivity index is 1.99. The number of nitrogens with one attached hydrogen (secondary N) is 1. The van der Waals surface area contributed by atoms with Crippen LogP contribution < -0.4 is 5.32 Å². The SMILES string of the molecule is COCC1=CCN(S(=O)(=O)N2CCNCC2)CC1. The minimum absolute atomic E-state index is 0.463. The second-order valence-corrected chi connectivity index (χ2v) is 6.49. The molecule has 2 rings (SSSR count). The first-order valence-corrected chi connectivity index (χ1v) is 7.67. The van der Waals surface area contributed by atoms with Crippen LogP contribution in [-0.2, 0) is 14.9 Å². The van der Waals surface area contributed by atoms with Crippen molar-refractivity contribution in [1.82, 2.24) is 13.9 Å². The lowest BCUT2D eigenvalue weighted by molar-refractivity contribution is 0.218. The Morgan fingerprint density at radius 1 is 1.28 bits per heavy atom. The van der Waals surface area contributed by atoms with Crippen molar-refractivity contribution in [2.75, 3.05) is 53.0 Å². The first kappa shape index (κ1) is 14.0. The molecule has 2 heterocycles. The monoisotopic (exact) mass is 275 g/mol. The fourth-order valence-electron chi connectivity index (χ4n) is 2.26. The van der Waals surface area contributed by atoms with Gasteiger partial charge in [-0.05, 0) is 12.0 Å². The summed E-state index contributed by atoms with van der Waals surface area (Å²) in [6, 6.07) is 0. The Hall–Kier alpha value is -0.470. The van der Waals surface area contributed by atoms with Gasteiger partial charge in [-0.2, -0.15) is 17.0 Å². The summed E-state index contributed by atoms with van der Waals surface area (Å²) in [5, 5.41) is 3.16. The minimum atomic E-state index is -3.28. The van der Waals surface area contributed by atoms with Gasteiger partial charge < -0.3 is 10.1 Å². The van der Waals surface area contributed by atoms with Crippen molar-refractivity contribution >= 4 is 10.2 Å². The summed E-state index contributed by atoms with van der Waals surface area (Å²) in [7, 11) is -1.62.